The van der Waals surface area contributed by atoms with E-state index in [2.05, 4.69) is 0 Å². The SMILES string of the molecule is Cc1cccc(N(CCC(N)=O)C(=O)CC(O)C(C)C)c1. The molecule has 1 aromatic rings. The molecule has 0 bridgehead atoms. The van der Waals surface area contributed by atoms with Gasteiger partial charge in [-0.25, -0.2) is 0 Å². The number of amides is 2. The maximum Gasteiger partial charge on any atom is 0.229 e. The molecule has 1 atom stereocenters. The minimum Gasteiger partial charge on any atom is -0.392 e. The van der Waals surface area contributed by atoms with E-state index in [9.17, 15) is 14.7 Å². The van der Waals surface area contributed by atoms with Crippen molar-refractivity contribution in [2.24, 2.45) is 11.7 Å². The maximum absolute atomic E-state index is 12.4. The van der Waals surface area contributed by atoms with Crippen molar-refractivity contribution in [1.29, 1.82) is 0 Å². The van der Waals surface area contributed by atoms with Crippen molar-refractivity contribution in [3.8, 4) is 0 Å². The Hall–Kier alpha value is -1.88. The summed E-state index contributed by atoms with van der Waals surface area (Å²) in [5.74, 6) is -0.655. The number of anilines is 1. The highest BCUT2D eigenvalue weighted by molar-refractivity contribution is 5.94. The fraction of sp³-hybridized carbons (Fsp3) is 0.500. The lowest BCUT2D eigenvalue weighted by atomic mass is 10.0. The van der Waals surface area contributed by atoms with Crippen molar-refractivity contribution < 1.29 is 14.7 Å². The van der Waals surface area contributed by atoms with E-state index in [1.54, 1.807) is 0 Å². The molecule has 3 N–H and O–H groups in total. The summed E-state index contributed by atoms with van der Waals surface area (Å²) in [7, 11) is 0. The van der Waals surface area contributed by atoms with Gasteiger partial charge >= 0.3 is 0 Å². The van der Waals surface area contributed by atoms with Crippen LogP contribution in [0.1, 0.15) is 32.3 Å². The lowest BCUT2D eigenvalue weighted by Gasteiger charge is -2.25. The standard InChI is InChI=1S/C16H24N2O3/c1-11(2)14(19)10-16(21)18(8-7-15(17)20)13-6-4-5-12(3)9-13/h4-6,9,11,14,19H,7-8,10H2,1-3H3,(H2,17,20). The lowest BCUT2D eigenvalue weighted by Crippen LogP contribution is -2.37. The third kappa shape index (κ3) is 5.55. The maximum atomic E-state index is 12.4. The second kappa shape index (κ2) is 7.78. The summed E-state index contributed by atoms with van der Waals surface area (Å²) < 4.78 is 0. The molecule has 21 heavy (non-hydrogen) atoms. The molecule has 0 heterocycles. The molecule has 1 rings (SSSR count). The zero-order chi connectivity index (χ0) is 16.0. The summed E-state index contributed by atoms with van der Waals surface area (Å²) in [6.45, 7) is 5.88. The Morgan fingerprint density at radius 3 is 2.52 bits per heavy atom. The molecule has 0 aliphatic rings. The molecule has 0 aliphatic carbocycles. The number of carbonyl (C=O) groups is 2. The van der Waals surface area contributed by atoms with Gasteiger partial charge in [-0.3, -0.25) is 9.59 Å². The van der Waals surface area contributed by atoms with Crippen LogP contribution in [0.5, 0.6) is 0 Å². The zero-order valence-corrected chi connectivity index (χ0v) is 12.9. The molecule has 5 nitrogen and oxygen atoms in total. The predicted octanol–water partition coefficient (Wildman–Crippen LogP) is 1.61. The quantitative estimate of drug-likeness (QED) is 0.801. The van der Waals surface area contributed by atoms with Crippen LogP contribution in [0.2, 0.25) is 0 Å². The molecule has 0 aromatic heterocycles. The van der Waals surface area contributed by atoms with E-state index in [-0.39, 0.29) is 31.2 Å². The number of rotatable bonds is 7. The highest BCUT2D eigenvalue weighted by Gasteiger charge is 2.21. The number of aliphatic hydroxyl groups is 1. The molecule has 0 spiro atoms. The van der Waals surface area contributed by atoms with Gasteiger partial charge in [-0.1, -0.05) is 26.0 Å². The molecule has 116 valence electrons. The summed E-state index contributed by atoms with van der Waals surface area (Å²) in [5, 5.41) is 9.89. The highest BCUT2D eigenvalue weighted by atomic mass is 16.3. The van der Waals surface area contributed by atoms with Crippen molar-refractivity contribution in [2.45, 2.75) is 39.7 Å². The number of benzene rings is 1. The minimum absolute atomic E-state index is 0.00412. The largest absolute Gasteiger partial charge is 0.392 e. The van der Waals surface area contributed by atoms with Crippen LogP contribution < -0.4 is 10.6 Å². The van der Waals surface area contributed by atoms with Crippen LogP contribution in [0.4, 0.5) is 5.69 Å². The van der Waals surface area contributed by atoms with E-state index in [1.165, 1.54) is 4.90 Å². The van der Waals surface area contributed by atoms with Crippen molar-refractivity contribution in [3.05, 3.63) is 29.8 Å². The van der Waals surface area contributed by atoms with Gasteiger partial charge in [0.1, 0.15) is 0 Å². The van der Waals surface area contributed by atoms with Crippen LogP contribution in [0, 0.1) is 12.8 Å². The minimum atomic E-state index is -0.696. The molecule has 0 radical (unpaired) electrons. The Balaban J connectivity index is 2.91. The molecule has 0 fully saturated rings. The van der Waals surface area contributed by atoms with Gasteiger partial charge in [-0.05, 0) is 30.5 Å². The van der Waals surface area contributed by atoms with Gasteiger partial charge < -0.3 is 15.7 Å². The molecule has 5 heteroatoms. The van der Waals surface area contributed by atoms with Crippen LogP contribution >= 0.6 is 0 Å². The summed E-state index contributed by atoms with van der Waals surface area (Å²) in [6, 6.07) is 7.48. The van der Waals surface area contributed by atoms with E-state index >= 15 is 0 Å². The second-order valence-corrected chi connectivity index (χ2v) is 5.62. The molecule has 0 aliphatic heterocycles. The van der Waals surface area contributed by atoms with Gasteiger partial charge in [0.15, 0.2) is 0 Å². The average Bonchev–Trinajstić information content (AvgIpc) is 2.38. The number of nitrogens with zero attached hydrogens (tertiary/aromatic N) is 1. The molecular formula is C16H24N2O3. The topological polar surface area (TPSA) is 83.6 Å². The number of nitrogens with two attached hydrogens (primary N) is 1. The Morgan fingerprint density at radius 1 is 1.33 bits per heavy atom. The number of primary amides is 1. The Labute approximate surface area is 125 Å². The first kappa shape index (κ1) is 17.2. The van der Waals surface area contributed by atoms with Gasteiger partial charge in [0.25, 0.3) is 0 Å². The van der Waals surface area contributed by atoms with Gasteiger partial charge in [-0.2, -0.15) is 0 Å². The Kier molecular flexibility index (Phi) is 6.37. The van der Waals surface area contributed by atoms with Crippen molar-refractivity contribution >= 4 is 17.5 Å². The monoisotopic (exact) mass is 292 g/mol. The van der Waals surface area contributed by atoms with Crippen LogP contribution in [0.15, 0.2) is 24.3 Å². The van der Waals surface area contributed by atoms with Gasteiger partial charge in [-0.15, -0.1) is 0 Å². The zero-order valence-electron chi connectivity index (χ0n) is 12.9. The normalized spacial score (nSPS) is 12.2. The average molecular weight is 292 g/mol. The fourth-order valence-electron chi connectivity index (χ4n) is 1.94. The Bertz CT molecular complexity index is 500. The Morgan fingerprint density at radius 2 is 2.00 bits per heavy atom. The first-order valence-electron chi connectivity index (χ1n) is 7.14. The van der Waals surface area contributed by atoms with E-state index in [1.807, 2.05) is 45.0 Å². The fourth-order valence-corrected chi connectivity index (χ4v) is 1.94. The third-order valence-corrected chi connectivity index (χ3v) is 3.35. The molecule has 2 amide bonds. The van der Waals surface area contributed by atoms with Crippen molar-refractivity contribution in [1.82, 2.24) is 0 Å². The van der Waals surface area contributed by atoms with E-state index < -0.39 is 12.0 Å². The van der Waals surface area contributed by atoms with Crippen LogP contribution in [0.3, 0.4) is 0 Å². The first-order chi connectivity index (χ1) is 9.81. The number of aliphatic hydroxyl groups excluding tert-OH is 1. The van der Waals surface area contributed by atoms with E-state index in [4.69, 9.17) is 5.73 Å². The highest BCUT2D eigenvalue weighted by Crippen LogP contribution is 2.19. The summed E-state index contributed by atoms with van der Waals surface area (Å²) in [4.78, 5) is 24.9. The van der Waals surface area contributed by atoms with Crippen molar-refractivity contribution in [2.75, 3.05) is 11.4 Å². The first-order valence-corrected chi connectivity index (χ1v) is 7.14. The summed E-state index contributed by atoms with van der Waals surface area (Å²) in [5.41, 5.74) is 6.91. The second-order valence-electron chi connectivity index (χ2n) is 5.62. The number of aryl methyl sites for hydroxylation is 1. The smallest absolute Gasteiger partial charge is 0.229 e. The van der Waals surface area contributed by atoms with E-state index in [0.29, 0.717) is 0 Å². The number of hydrogen-bond donors (Lipinski definition) is 2. The molecular weight excluding hydrogens is 268 g/mol. The predicted molar refractivity (Wildman–Crippen MR) is 82.8 cm³/mol. The summed E-state index contributed by atoms with van der Waals surface area (Å²) in [6.07, 6.45) is -0.569. The summed E-state index contributed by atoms with van der Waals surface area (Å²) >= 11 is 0. The van der Waals surface area contributed by atoms with Gasteiger partial charge in [0.2, 0.25) is 11.8 Å². The van der Waals surface area contributed by atoms with Gasteiger partial charge in [0.05, 0.1) is 12.5 Å². The number of hydrogen-bond acceptors (Lipinski definition) is 3. The molecule has 1 aromatic carbocycles. The third-order valence-electron chi connectivity index (χ3n) is 3.35. The van der Waals surface area contributed by atoms with Gasteiger partial charge in [0, 0.05) is 18.7 Å². The van der Waals surface area contributed by atoms with Crippen LogP contribution in [0.25, 0.3) is 0 Å². The van der Waals surface area contributed by atoms with Crippen molar-refractivity contribution in [3.63, 3.8) is 0 Å². The van der Waals surface area contributed by atoms with E-state index in [0.717, 1.165) is 11.3 Å². The van der Waals surface area contributed by atoms with Crippen LogP contribution in [-0.4, -0.2) is 29.6 Å². The number of carbonyl (C=O) groups excluding carboxylic acids is 2. The molecule has 1 unspecified atom stereocenters. The lowest BCUT2D eigenvalue weighted by molar-refractivity contribution is -0.121. The molecule has 0 saturated carbocycles. The van der Waals surface area contributed by atoms with Crippen LogP contribution in [-0.2, 0) is 9.59 Å². The molecule has 0 saturated heterocycles.